The lowest BCUT2D eigenvalue weighted by atomic mass is 9.79. The van der Waals surface area contributed by atoms with Gasteiger partial charge in [-0.3, -0.25) is 9.63 Å². The maximum atomic E-state index is 13.0. The summed E-state index contributed by atoms with van der Waals surface area (Å²) in [7, 11) is -0.705. The molecule has 0 radical (unpaired) electrons. The van der Waals surface area contributed by atoms with Gasteiger partial charge in [-0.1, -0.05) is 0 Å². The van der Waals surface area contributed by atoms with Gasteiger partial charge in [0.05, 0.1) is 7.11 Å². The Morgan fingerprint density at radius 2 is 2.20 bits per heavy atom. The molecule has 5 nitrogen and oxygen atoms in total. The maximum Gasteiger partial charge on any atom is 0.491 e. The van der Waals surface area contributed by atoms with Gasteiger partial charge < -0.3 is 10.0 Å². The van der Waals surface area contributed by atoms with Crippen LogP contribution < -0.4 is 10.9 Å². The lowest BCUT2D eigenvalue weighted by Gasteiger charge is -2.05. The highest BCUT2D eigenvalue weighted by atomic mass is 19.1. The molecular formula is C8H9BFNO4. The van der Waals surface area contributed by atoms with Crippen LogP contribution in [0.3, 0.4) is 0 Å². The first kappa shape index (κ1) is 11.6. The molecule has 0 unspecified atom stereocenters. The minimum absolute atomic E-state index is 0.0707. The molecule has 3 N–H and O–H groups in total. The molecule has 1 aromatic rings. The Labute approximate surface area is 85.6 Å². The third-order valence-corrected chi connectivity index (χ3v) is 1.73. The molecule has 1 aromatic carbocycles. The Morgan fingerprint density at radius 3 is 2.73 bits per heavy atom. The highest BCUT2D eigenvalue weighted by molar-refractivity contribution is 6.58. The molecule has 0 aliphatic carbocycles. The van der Waals surface area contributed by atoms with Crippen LogP contribution in [0.2, 0.25) is 0 Å². The van der Waals surface area contributed by atoms with Crippen LogP contribution in [-0.2, 0) is 4.84 Å². The molecule has 0 spiro atoms. The number of carbonyl (C=O) groups excluding carboxylic acids is 1. The van der Waals surface area contributed by atoms with E-state index >= 15 is 0 Å². The van der Waals surface area contributed by atoms with Gasteiger partial charge in [-0.05, 0) is 18.2 Å². The van der Waals surface area contributed by atoms with E-state index in [-0.39, 0.29) is 11.0 Å². The number of nitrogens with one attached hydrogen (secondary N) is 1. The quantitative estimate of drug-likeness (QED) is 0.435. The monoisotopic (exact) mass is 213 g/mol. The molecule has 1 rings (SSSR count). The summed E-state index contributed by atoms with van der Waals surface area (Å²) in [4.78, 5) is 15.6. The lowest BCUT2D eigenvalue weighted by Crippen LogP contribution is -2.34. The molecule has 0 saturated carbocycles. The van der Waals surface area contributed by atoms with E-state index in [0.717, 1.165) is 12.1 Å². The standard InChI is InChI=1S/C8H9BFNO4/c1-15-11-8(12)5-2-3-7(10)6(4-5)9(13)14/h2-4,13-14H,1H3,(H,11,12). The Kier molecular flexibility index (Phi) is 3.78. The van der Waals surface area contributed by atoms with Crippen LogP contribution in [0.1, 0.15) is 10.4 Å². The molecule has 0 aliphatic heterocycles. The average molecular weight is 213 g/mol. The van der Waals surface area contributed by atoms with Crippen LogP contribution in [0, 0.1) is 5.82 Å². The molecule has 80 valence electrons. The molecule has 0 heterocycles. The summed E-state index contributed by atoms with van der Waals surface area (Å²) < 4.78 is 13.0. The zero-order valence-electron chi connectivity index (χ0n) is 7.90. The van der Waals surface area contributed by atoms with Crippen molar-refractivity contribution in [3.05, 3.63) is 29.6 Å². The molecule has 0 saturated heterocycles. The molecule has 0 aliphatic rings. The predicted molar refractivity (Wildman–Crippen MR) is 50.7 cm³/mol. The van der Waals surface area contributed by atoms with Crippen LogP contribution in [0.15, 0.2) is 18.2 Å². The second-order valence-electron chi connectivity index (χ2n) is 2.75. The van der Waals surface area contributed by atoms with Crippen LogP contribution in [0.5, 0.6) is 0 Å². The topological polar surface area (TPSA) is 78.8 Å². The zero-order valence-corrected chi connectivity index (χ0v) is 7.90. The lowest BCUT2D eigenvalue weighted by molar-refractivity contribution is 0.0537. The van der Waals surface area contributed by atoms with E-state index in [1.807, 2.05) is 5.48 Å². The fraction of sp³-hybridized carbons (Fsp3) is 0.125. The van der Waals surface area contributed by atoms with Crippen molar-refractivity contribution in [1.82, 2.24) is 5.48 Å². The Hall–Kier alpha value is -1.44. The summed E-state index contributed by atoms with van der Waals surface area (Å²) in [6, 6.07) is 3.21. The van der Waals surface area contributed by atoms with Gasteiger partial charge in [0.2, 0.25) is 0 Å². The van der Waals surface area contributed by atoms with Gasteiger partial charge in [-0.25, -0.2) is 9.87 Å². The number of benzene rings is 1. The van der Waals surface area contributed by atoms with E-state index in [2.05, 4.69) is 4.84 Å². The molecular weight excluding hydrogens is 204 g/mol. The summed E-state index contributed by atoms with van der Waals surface area (Å²) in [5, 5.41) is 17.6. The number of hydrogen-bond acceptors (Lipinski definition) is 4. The van der Waals surface area contributed by atoms with E-state index in [0.29, 0.717) is 0 Å². The summed E-state index contributed by atoms with van der Waals surface area (Å²) in [6.07, 6.45) is 0. The third-order valence-electron chi connectivity index (χ3n) is 1.73. The Balaban J connectivity index is 3.02. The Morgan fingerprint density at radius 1 is 1.53 bits per heavy atom. The van der Waals surface area contributed by atoms with Gasteiger partial charge >= 0.3 is 7.12 Å². The maximum absolute atomic E-state index is 13.0. The minimum Gasteiger partial charge on any atom is -0.423 e. The number of hydrogen-bond donors (Lipinski definition) is 3. The number of hydroxylamine groups is 1. The number of halogens is 1. The molecule has 0 atom stereocenters. The van der Waals surface area contributed by atoms with Crippen molar-refractivity contribution < 1.29 is 24.1 Å². The zero-order chi connectivity index (χ0) is 11.4. The number of amides is 1. The smallest absolute Gasteiger partial charge is 0.423 e. The van der Waals surface area contributed by atoms with Crippen molar-refractivity contribution in [2.45, 2.75) is 0 Å². The molecule has 1 amide bonds. The number of rotatable bonds is 3. The highest BCUT2D eigenvalue weighted by Gasteiger charge is 2.18. The summed E-state index contributed by atoms with van der Waals surface area (Å²) in [5.41, 5.74) is 1.73. The molecule has 0 aromatic heterocycles. The van der Waals surface area contributed by atoms with Gasteiger partial charge in [0, 0.05) is 11.0 Å². The van der Waals surface area contributed by atoms with E-state index in [1.54, 1.807) is 0 Å². The largest absolute Gasteiger partial charge is 0.491 e. The molecule has 0 bridgehead atoms. The molecule has 15 heavy (non-hydrogen) atoms. The SMILES string of the molecule is CONC(=O)c1ccc(F)c(B(O)O)c1. The van der Waals surface area contributed by atoms with Gasteiger partial charge in [0.15, 0.2) is 0 Å². The van der Waals surface area contributed by atoms with Crippen LogP contribution in [0.25, 0.3) is 0 Å². The van der Waals surface area contributed by atoms with Crippen molar-refractivity contribution in [2.75, 3.05) is 7.11 Å². The minimum atomic E-state index is -1.96. The second-order valence-corrected chi connectivity index (χ2v) is 2.75. The van der Waals surface area contributed by atoms with E-state index in [9.17, 15) is 9.18 Å². The summed E-state index contributed by atoms with van der Waals surface area (Å²) >= 11 is 0. The fourth-order valence-electron chi connectivity index (χ4n) is 1.03. The molecule has 0 fully saturated rings. The molecule has 7 heteroatoms. The van der Waals surface area contributed by atoms with Gasteiger partial charge in [0.1, 0.15) is 5.82 Å². The predicted octanol–water partition coefficient (Wildman–Crippen LogP) is -1.20. The van der Waals surface area contributed by atoms with E-state index < -0.39 is 18.8 Å². The van der Waals surface area contributed by atoms with Gasteiger partial charge in [-0.15, -0.1) is 0 Å². The van der Waals surface area contributed by atoms with E-state index in [1.165, 1.54) is 13.2 Å². The van der Waals surface area contributed by atoms with Crippen molar-refractivity contribution in [3.63, 3.8) is 0 Å². The fourth-order valence-corrected chi connectivity index (χ4v) is 1.03. The summed E-state index contributed by atoms with van der Waals surface area (Å²) in [6.45, 7) is 0. The van der Waals surface area contributed by atoms with Gasteiger partial charge in [0.25, 0.3) is 5.91 Å². The highest BCUT2D eigenvalue weighted by Crippen LogP contribution is 2.01. The first-order chi connectivity index (χ1) is 7.06. The first-order valence-corrected chi connectivity index (χ1v) is 4.05. The Bertz CT molecular complexity index is 372. The average Bonchev–Trinajstić information content (AvgIpc) is 2.18. The van der Waals surface area contributed by atoms with Crippen LogP contribution >= 0.6 is 0 Å². The van der Waals surface area contributed by atoms with Crippen LogP contribution in [0.4, 0.5) is 4.39 Å². The van der Waals surface area contributed by atoms with E-state index in [4.69, 9.17) is 10.0 Å². The first-order valence-electron chi connectivity index (χ1n) is 4.05. The van der Waals surface area contributed by atoms with Crippen molar-refractivity contribution in [2.24, 2.45) is 0 Å². The third kappa shape index (κ3) is 2.75. The van der Waals surface area contributed by atoms with Crippen molar-refractivity contribution >= 4 is 18.5 Å². The van der Waals surface area contributed by atoms with Crippen LogP contribution in [-0.4, -0.2) is 30.2 Å². The summed E-state index contributed by atoms with van der Waals surface area (Å²) in [5.74, 6) is -1.39. The van der Waals surface area contributed by atoms with Crippen molar-refractivity contribution in [3.8, 4) is 0 Å². The second kappa shape index (κ2) is 4.88. The van der Waals surface area contributed by atoms with Crippen molar-refractivity contribution in [1.29, 1.82) is 0 Å². The number of carbonyl (C=O) groups is 1. The van der Waals surface area contributed by atoms with Gasteiger partial charge in [-0.2, -0.15) is 0 Å². The normalized spacial score (nSPS) is 9.87.